The number of unbranched alkanes of at least 4 members (excludes halogenated alkanes) is 15. The van der Waals surface area contributed by atoms with E-state index in [4.69, 9.17) is 27.8 Å². The summed E-state index contributed by atoms with van der Waals surface area (Å²) in [5.74, 6) is -1.29. The number of phosphoric acid groups is 2. The zero-order valence-electron chi connectivity index (χ0n) is 37.5. The fourth-order valence-corrected chi connectivity index (χ4v) is 9.30. The first-order valence-electron chi connectivity index (χ1n) is 22.7. The molecule has 0 aromatic carbocycles. The topological polar surface area (TPSA) is 329 Å². The van der Waals surface area contributed by atoms with E-state index in [1.165, 1.54) is 77.3 Å². The van der Waals surface area contributed by atoms with Crippen LogP contribution in [0.4, 0.5) is 4.39 Å². The van der Waals surface area contributed by atoms with Crippen molar-refractivity contribution in [3.8, 4) is 0 Å². The van der Waals surface area contributed by atoms with Gasteiger partial charge in [0.05, 0.1) is 37.7 Å². The van der Waals surface area contributed by atoms with Gasteiger partial charge >= 0.3 is 27.0 Å². The molecule has 2 fully saturated rings. The van der Waals surface area contributed by atoms with Crippen molar-refractivity contribution in [2.45, 2.75) is 185 Å². The fraction of sp³-hybridized carbons (Fsp3) is 0.800. The van der Waals surface area contributed by atoms with Crippen molar-refractivity contribution in [1.29, 1.82) is 0 Å². The zero-order valence-corrected chi connectivity index (χ0v) is 39.3. The summed E-state index contributed by atoms with van der Waals surface area (Å²) in [5.41, 5.74) is 5.79. The zero-order chi connectivity index (χ0) is 48.3. The number of aromatic nitrogens is 4. The monoisotopic (exact) mass is 981 g/mol. The van der Waals surface area contributed by atoms with Crippen molar-refractivity contribution >= 4 is 15.6 Å². The van der Waals surface area contributed by atoms with Crippen LogP contribution in [0.3, 0.4) is 0 Å². The van der Waals surface area contributed by atoms with Crippen molar-refractivity contribution in [1.82, 2.24) is 19.1 Å². The highest BCUT2D eigenvalue weighted by atomic mass is 31.2. The Balaban J connectivity index is 1.38. The van der Waals surface area contributed by atoms with Crippen molar-refractivity contribution in [3.63, 3.8) is 0 Å². The summed E-state index contributed by atoms with van der Waals surface area (Å²) in [7, 11) is -10.4. The molecule has 0 amide bonds. The van der Waals surface area contributed by atoms with Gasteiger partial charge in [-0.15, -0.1) is 0 Å². The molecule has 2 saturated heterocycles. The molecule has 2 aliphatic rings. The molecule has 9 atom stereocenters. The second-order valence-electron chi connectivity index (χ2n) is 16.8. The van der Waals surface area contributed by atoms with Gasteiger partial charge in [0.2, 0.25) is 5.82 Å². The van der Waals surface area contributed by atoms with Crippen molar-refractivity contribution in [2.75, 3.05) is 19.8 Å². The third-order valence-electron chi connectivity index (χ3n) is 11.6. The van der Waals surface area contributed by atoms with E-state index in [2.05, 4.69) is 21.9 Å². The normalized spacial score (nSPS) is 22.8. The van der Waals surface area contributed by atoms with Gasteiger partial charge < -0.3 is 34.0 Å². The molecular weight excluding hydrogens is 915 g/mol. The van der Waals surface area contributed by atoms with Crippen LogP contribution in [0.15, 0.2) is 36.7 Å². The number of azide groups is 1. The van der Waals surface area contributed by atoms with Gasteiger partial charge in [-0.2, -0.15) is 4.39 Å². The molecule has 2 aromatic rings. The Labute approximate surface area is 380 Å². The lowest BCUT2D eigenvalue weighted by Gasteiger charge is -2.30. The highest BCUT2D eigenvalue weighted by Crippen LogP contribution is 2.46. The number of aliphatic hydroxyl groups excluding tert-OH is 1. The minimum Gasteiger partial charge on any atom is -0.390 e. The average molecular weight is 982 g/mol. The van der Waals surface area contributed by atoms with E-state index in [1.54, 1.807) is 4.98 Å². The lowest BCUT2D eigenvalue weighted by molar-refractivity contribution is -0.0886. The van der Waals surface area contributed by atoms with Crippen LogP contribution in [0.1, 0.15) is 147 Å². The Hall–Kier alpha value is -3.34. The second kappa shape index (κ2) is 27.6. The largest absolute Gasteiger partial charge is 0.472 e. The number of hydrogen-bond acceptors (Lipinski definition) is 14. The van der Waals surface area contributed by atoms with Gasteiger partial charge in [-0.1, -0.05) is 108 Å². The second-order valence-corrected chi connectivity index (χ2v) is 19.5. The molecule has 374 valence electrons. The molecular formula is C40H66FN7O16P2. The molecule has 26 heteroatoms. The van der Waals surface area contributed by atoms with Gasteiger partial charge in [0, 0.05) is 42.5 Å². The van der Waals surface area contributed by atoms with Gasteiger partial charge in [0.1, 0.15) is 30.8 Å². The highest BCUT2D eigenvalue weighted by Gasteiger charge is 2.43. The molecule has 0 spiro atoms. The van der Waals surface area contributed by atoms with E-state index < -0.39 is 113 Å². The number of halogens is 1. The Kier molecular flexibility index (Phi) is 23.1. The fourth-order valence-electron chi connectivity index (χ4n) is 7.98. The smallest absolute Gasteiger partial charge is 0.390 e. The van der Waals surface area contributed by atoms with E-state index >= 15 is 0 Å². The maximum Gasteiger partial charge on any atom is 0.472 e. The number of phosphoric ester groups is 2. The van der Waals surface area contributed by atoms with E-state index in [1.807, 2.05) is 0 Å². The summed E-state index contributed by atoms with van der Waals surface area (Å²) in [6, 6.07) is -1.03. The number of H-pyrrole nitrogens is 2. The number of hydrogen-bond donors (Lipinski definition) is 6. The Morgan fingerprint density at radius 3 is 1.91 bits per heavy atom. The van der Waals surface area contributed by atoms with Gasteiger partial charge in [-0.05, 0) is 18.9 Å². The third-order valence-corrected chi connectivity index (χ3v) is 13.1. The molecule has 23 nitrogen and oxygen atoms in total. The molecule has 0 aliphatic carbocycles. The van der Waals surface area contributed by atoms with Crippen molar-refractivity contribution < 1.29 is 61.1 Å². The predicted octanol–water partition coefficient (Wildman–Crippen LogP) is 5.80. The van der Waals surface area contributed by atoms with Crippen LogP contribution >= 0.6 is 15.6 Å². The minimum atomic E-state index is -5.34. The first kappa shape index (κ1) is 55.3. The SMILES string of the molecule is CCCCCCCCCCCCCCCCCCOC(COP(=O)(O)OCC1OC(n2cc(F)c(=O)[nH]c2=O)CC1O)C(CC1OC(n2cc(C)c(=O)[nH]c2=O)CC1N=[N+]=[N-])OP(=O)(O)O. The third kappa shape index (κ3) is 18.6. The Morgan fingerprint density at radius 2 is 1.33 bits per heavy atom. The predicted molar refractivity (Wildman–Crippen MR) is 236 cm³/mol. The number of ether oxygens (including phenoxy) is 3. The maximum absolute atomic E-state index is 13.9. The minimum absolute atomic E-state index is 0.00172. The summed E-state index contributed by atoms with van der Waals surface area (Å²) >= 11 is 0. The van der Waals surface area contributed by atoms with Crippen LogP contribution in [-0.4, -0.2) is 95.3 Å². The molecule has 9 unspecified atom stereocenters. The molecule has 6 N–H and O–H groups in total. The molecule has 4 rings (SSSR count). The summed E-state index contributed by atoms with van der Waals surface area (Å²) in [6.45, 7) is 2.03. The number of rotatable bonds is 32. The molecule has 0 saturated carbocycles. The van der Waals surface area contributed by atoms with Crippen LogP contribution in [0.25, 0.3) is 10.4 Å². The van der Waals surface area contributed by atoms with E-state index in [0.717, 1.165) is 36.7 Å². The van der Waals surface area contributed by atoms with Crippen LogP contribution in [-0.2, 0) is 36.9 Å². The van der Waals surface area contributed by atoms with Crippen molar-refractivity contribution in [2.24, 2.45) is 5.11 Å². The van der Waals surface area contributed by atoms with Crippen LogP contribution in [0.5, 0.6) is 0 Å². The summed E-state index contributed by atoms with van der Waals surface area (Å²) in [5, 5.41) is 14.3. The Morgan fingerprint density at radius 1 is 0.803 bits per heavy atom. The molecule has 2 aromatic heterocycles. The molecule has 66 heavy (non-hydrogen) atoms. The lowest BCUT2D eigenvalue weighted by atomic mass is 10.0. The molecule has 0 bridgehead atoms. The highest BCUT2D eigenvalue weighted by molar-refractivity contribution is 7.47. The number of nitrogens with one attached hydrogen (secondary N) is 2. The molecule has 2 aliphatic heterocycles. The molecule has 0 radical (unpaired) electrons. The lowest BCUT2D eigenvalue weighted by Crippen LogP contribution is -2.39. The molecule has 4 heterocycles. The average Bonchev–Trinajstić information content (AvgIpc) is 3.83. The van der Waals surface area contributed by atoms with Crippen LogP contribution in [0, 0.1) is 12.7 Å². The summed E-state index contributed by atoms with van der Waals surface area (Å²) in [4.78, 5) is 85.9. The first-order valence-corrected chi connectivity index (χ1v) is 25.8. The number of aryl methyl sites for hydroxylation is 1. The quantitative estimate of drug-likeness (QED) is 0.0166. The van der Waals surface area contributed by atoms with E-state index in [0.29, 0.717) is 17.2 Å². The standard InChI is InChI=1S/C40H66FN7O16P2/c1-3-4-5-6-7-8-9-10-11-12-13-14-15-16-17-18-19-59-34(26-61-66(57,58)60-25-33-30(49)21-36(63-33)48-24-28(41)38(51)44-40(48)53)32(64-65(54,55)56)22-31-29(45-46-42)20-35(62-31)47-23-27(2)37(50)43-39(47)52/h23-24,29-36,49H,3-22,25-26H2,1-2H3,(H,57,58)(H,43,50,52)(H,44,51,53)(H2,54,55,56). The van der Waals surface area contributed by atoms with Crippen molar-refractivity contribution in [3.05, 3.63) is 75.9 Å². The number of aromatic amines is 2. The van der Waals surface area contributed by atoms with Gasteiger partial charge in [-0.25, -0.2) is 18.7 Å². The van der Waals surface area contributed by atoms with Gasteiger partial charge in [0.15, 0.2) is 0 Å². The number of nitrogens with zero attached hydrogens (tertiary/aromatic N) is 5. The van der Waals surface area contributed by atoms with Crippen LogP contribution < -0.4 is 22.5 Å². The summed E-state index contributed by atoms with van der Waals surface area (Å²) in [6.07, 6.45) is 9.64. The summed E-state index contributed by atoms with van der Waals surface area (Å²) < 4.78 is 74.4. The van der Waals surface area contributed by atoms with Crippen LogP contribution in [0.2, 0.25) is 0 Å². The first-order chi connectivity index (χ1) is 31.4. The van der Waals surface area contributed by atoms with E-state index in [-0.39, 0.29) is 25.0 Å². The number of aliphatic hydroxyl groups is 1. The maximum atomic E-state index is 13.9. The van der Waals surface area contributed by atoms with Gasteiger partial charge in [0.25, 0.3) is 11.1 Å². The Bertz CT molecular complexity index is 2200. The van der Waals surface area contributed by atoms with E-state index in [9.17, 15) is 58.0 Å². The van der Waals surface area contributed by atoms with Gasteiger partial charge in [-0.3, -0.25) is 42.3 Å².